The number of hydrogen-bond donors (Lipinski definition) is 3. The molecule has 0 radical (unpaired) electrons. The van der Waals surface area contributed by atoms with Crippen LogP contribution >= 0.6 is 0 Å². The Bertz CT molecular complexity index is 586. The number of nitrogens with two attached hydrogens (primary N) is 1. The molecule has 1 heterocycles. The minimum Gasteiger partial charge on any atom is -0.399 e. The van der Waals surface area contributed by atoms with Crippen molar-refractivity contribution < 1.29 is 9.84 Å². The van der Waals surface area contributed by atoms with E-state index in [0.29, 0.717) is 23.5 Å². The second kappa shape index (κ2) is 7.49. The summed E-state index contributed by atoms with van der Waals surface area (Å²) in [7, 11) is 0. The highest BCUT2D eigenvalue weighted by Crippen LogP contribution is 2.33. The summed E-state index contributed by atoms with van der Waals surface area (Å²) in [6.07, 6.45) is 7.60. The summed E-state index contributed by atoms with van der Waals surface area (Å²) in [6, 6.07) is 0.0249. The third kappa shape index (κ3) is 3.87. The molecule has 6 nitrogen and oxygen atoms in total. The average molecular weight is 332 g/mol. The summed E-state index contributed by atoms with van der Waals surface area (Å²) in [6.45, 7) is 6.62. The molecule has 24 heavy (non-hydrogen) atoms. The second-order valence-corrected chi connectivity index (χ2v) is 6.94. The predicted octanol–water partition coefficient (Wildman–Crippen LogP) is 2.09. The number of aliphatic hydroxyl groups excluding tert-OH is 1. The summed E-state index contributed by atoms with van der Waals surface area (Å²) in [4.78, 5) is 9.12. The number of ether oxygens (including phenoxy) is 1. The highest BCUT2D eigenvalue weighted by Gasteiger charge is 2.31. The summed E-state index contributed by atoms with van der Waals surface area (Å²) in [5, 5.41) is 13.4. The van der Waals surface area contributed by atoms with Crippen LogP contribution in [-0.2, 0) is 11.2 Å². The average Bonchev–Trinajstić information content (AvgIpc) is 2.90. The molecule has 0 aliphatic heterocycles. The monoisotopic (exact) mass is 332 g/mol. The van der Waals surface area contributed by atoms with Gasteiger partial charge in [0, 0.05) is 24.9 Å². The van der Waals surface area contributed by atoms with E-state index >= 15 is 0 Å². The Morgan fingerprint density at radius 2 is 2.25 bits per heavy atom. The smallest absolute Gasteiger partial charge is 0.139 e. The van der Waals surface area contributed by atoms with E-state index in [1.54, 1.807) is 6.20 Å². The molecule has 2 fully saturated rings. The molecule has 0 aromatic carbocycles. The Balaban J connectivity index is 1.68. The number of rotatable bonds is 7. The molecule has 132 valence electrons. The molecule has 2 aliphatic rings. The van der Waals surface area contributed by atoms with Gasteiger partial charge >= 0.3 is 0 Å². The lowest BCUT2D eigenvalue weighted by molar-refractivity contribution is -0.0245. The van der Waals surface area contributed by atoms with Crippen molar-refractivity contribution in [1.82, 2.24) is 9.97 Å². The molecule has 0 bridgehead atoms. The maximum absolute atomic E-state index is 10.0. The first kappa shape index (κ1) is 17.2. The van der Waals surface area contributed by atoms with Crippen molar-refractivity contribution in [2.75, 3.05) is 11.9 Å². The molecule has 1 aromatic heterocycles. The summed E-state index contributed by atoms with van der Waals surface area (Å²) < 4.78 is 5.61. The lowest BCUT2D eigenvalue weighted by Gasteiger charge is -2.34. The van der Waals surface area contributed by atoms with Gasteiger partial charge in [0.05, 0.1) is 23.8 Å². The van der Waals surface area contributed by atoms with E-state index in [4.69, 9.17) is 10.5 Å². The zero-order chi connectivity index (χ0) is 17.1. The van der Waals surface area contributed by atoms with Crippen molar-refractivity contribution in [2.24, 2.45) is 11.7 Å². The maximum Gasteiger partial charge on any atom is 0.139 e. The standard InChI is InChI=1S/C18H28N4O2/c1-3-24-13-7-12(8-13)9-17-20-10-14(11(2)19)18(22-17)21-15-5-4-6-16(15)23/h10,12-13,15-16,23H,2-9,19H2,1H3,(H,20,21,22)/t12?,13?,15-,16-/m0/s1. The van der Waals surface area contributed by atoms with Gasteiger partial charge in [-0.05, 0) is 44.9 Å². The van der Waals surface area contributed by atoms with Crippen LogP contribution in [0.15, 0.2) is 12.8 Å². The Kier molecular flexibility index (Phi) is 5.36. The molecule has 0 saturated heterocycles. The molecular formula is C18H28N4O2. The predicted molar refractivity (Wildman–Crippen MR) is 94.4 cm³/mol. The van der Waals surface area contributed by atoms with Crippen LogP contribution in [-0.4, -0.2) is 39.9 Å². The van der Waals surface area contributed by atoms with E-state index in [2.05, 4.69) is 21.9 Å². The van der Waals surface area contributed by atoms with Gasteiger partial charge in [-0.15, -0.1) is 0 Å². The highest BCUT2D eigenvalue weighted by atomic mass is 16.5. The van der Waals surface area contributed by atoms with Gasteiger partial charge in [0.25, 0.3) is 0 Å². The van der Waals surface area contributed by atoms with E-state index in [-0.39, 0.29) is 12.1 Å². The van der Waals surface area contributed by atoms with Crippen LogP contribution in [0.3, 0.4) is 0 Å². The fraction of sp³-hybridized carbons (Fsp3) is 0.667. The largest absolute Gasteiger partial charge is 0.399 e. The maximum atomic E-state index is 10.0. The van der Waals surface area contributed by atoms with Gasteiger partial charge in [0.15, 0.2) is 0 Å². The molecule has 2 saturated carbocycles. The Morgan fingerprint density at radius 3 is 2.88 bits per heavy atom. The first-order valence-electron chi connectivity index (χ1n) is 8.93. The second-order valence-electron chi connectivity index (χ2n) is 6.94. The van der Waals surface area contributed by atoms with Crippen molar-refractivity contribution in [2.45, 2.75) is 63.7 Å². The molecule has 4 N–H and O–H groups in total. The van der Waals surface area contributed by atoms with Gasteiger partial charge in [-0.1, -0.05) is 6.58 Å². The highest BCUT2D eigenvalue weighted by molar-refractivity contribution is 5.70. The Morgan fingerprint density at radius 1 is 1.46 bits per heavy atom. The van der Waals surface area contributed by atoms with Gasteiger partial charge in [-0.2, -0.15) is 0 Å². The minimum absolute atomic E-state index is 0.0249. The van der Waals surface area contributed by atoms with E-state index < -0.39 is 0 Å². The van der Waals surface area contributed by atoms with Crippen molar-refractivity contribution >= 4 is 11.5 Å². The molecule has 6 heteroatoms. The van der Waals surface area contributed by atoms with Gasteiger partial charge < -0.3 is 20.9 Å². The van der Waals surface area contributed by atoms with Crippen molar-refractivity contribution in [1.29, 1.82) is 0 Å². The molecule has 2 atom stereocenters. The normalized spacial score (nSPS) is 29.2. The summed E-state index contributed by atoms with van der Waals surface area (Å²) in [5.41, 5.74) is 7.03. The summed E-state index contributed by atoms with van der Waals surface area (Å²) >= 11 is 0. The van der Waals surface area contributed by atoms with Crippen molar-refractivity contribution in [3.8, 4) is 0 Å². The van der Waals surface area contributed by atoms with Gasteiger partial charge in [-0.25, -0.2) is 9.97 Å². The molecule has 0 unspecified atom stereocenters. The van der Waals surface area contributed by atoms with Crippen LogP contribution in [0.4, 0.5) is 5.82 Å². The first-order valence-corrected chi connectivity index (χ1v) is 8.93. The summed E-state index contributed by atoms with van der Waals surface area (Å²) in [5.74, 6) is 2.09. The minimum atomic E-state index is -0.333. The van der Waals surface area contributed by atoms with E-state index in [0.717, 1.165) is 56.5 Å². The third-order valence-electron chi connectivity index (χ3n) is 5.05. The van der Waals surface area contributed by atoms with Crippen LogP contribution in [0.25, 0.3) is 5.70 Å². The van der Waals surface area contributed by atoms with Crippen molar-refractivity contribution in [3.05, 3.63) is 24.2 Å². The van der Waals surface area contributed by atoms with Crippen LogP contribution in [0, 0.1) is 5.92 Å². The van der Waals surface area contributed by atoms with Crippen LogP contribution in [0.5, 0.6) is 0 Å². The van der Waals surface area contributed by atoms with Crippen LogP contribution < -0.4 is 11.1 Å². The number of hydrogen-bond acceptors (Lipinski definition) is 6. The van der Waals surface area contributed by atoms with Crippen molar-refractivity contribution in [3.63, 3.8) is 0 Å². The lowest BCUT2D eigenvalue weighted by atomic mass is 9.80. The molecular weight excluding hydrogens is 304 g/mol. The van der Waals surface area contributed by atoms with Gasteiger partial charge in [0.1, 0.15) is 11.6 Å². The molecule has 0 spiro atoms. The van der Waals surface area contributed by atoms with Gasteiger partial charge in [-0.3, -0.25) is 0 Å². The van der Waals surface area contributed by atoms with Crippen LogP contribution in [0.1, 0.15) is 50.4 Å². The molecule has 1 aromatic rings. The fourth-order valence-corrected chi connectivity index (χ4v) is 3.62. The number of aliphatic hydroxyl groups is 1. The first-order chi connectivity index (χ1) is 11.6. The zero-order valence-corrected chi connectivity index (χ0v) is 14.4. The molecule has 3 rings (SSSR count). The number of aromatic nitrogens is 2. The topological polar surface area (TPSA) is 93.3 Å². The lowest BCUT2D eigenvalue weighted by Crippen LogP contribution is -2.33. The molecule has 2 aliphatic carbocycles. The van der Waals surface area contributed by atoms with E-state index in [1.807, 2.05) is 6.92 Å². The number of nitrogens with one attached hydrogen (secondary N) is 1. The quantitative estimate of drug-likeness (QED) is 0.708. The molecule has 0 amide bonds. The van der Waals surface area contributed by atoms with Crippen LogP contribution in [0.2, 0.25) is 0 Å². The Labute approximate surface area is 143 Å². The number of nitrogens with zero attached hydrogens (tertiary/aromatic N) is 2. The SMILES string of the molecule is C=C(N)c1cnc(CC2CC(OCC)C2)nc1N[C@H]1CCC[C@@H]1O. The Hall–Kier alpha value is -1.66. The van der Waals surface area contributed by atoms with E-state index in [1.165, 1.54) is 0 Å². The van der Waals surface area contributed by atoms with E-state index in [9.17, 15) is 5.11 Å². The fourth-order valence-electron chi connectivity index (χ4n) is 3.62. The zero-order valence-electron chi connectivity index (χ0n) is 14.4. The third-order valence-corrected chi connectivity index (χ3v) is 5.05. The number of anilines is 1. The van der Waals surface area contributed by atoms with Gasteiger partial charge in [0.2, 0.25) is 0 Å².